The number of amides is 1. The maximum absolute atomic E-state index is 12.6. The highest BCUT2D eigenvalue weighted by Gasteiger charge is 2.25. The third kappa shape index (κ3) is 5.92. The summed E-state index contributed by atoms with van der Waals surface area (Å²) in [5.74, 6) is -1.74. The molecule has 1 aliphatic carbocycles. The lowest BCUT2D eigenvalue weighted by atomic mass is 9.90. The van der Waals surface area contributed by atoms with Crippen LogP contribution in [-0.4, -0.2) is 42.6 Å². The highest BCUT2D eigenvalue weighted by Crippen LogP contribution is 2.29. The first-order chi connectivity index (χ1) is 14.2. The quantitative estimate of drug-likeness (QED) is 0.650. The van der Waals surface area contributed by atoms with E-state index in [2.05, 4.69) is 29.4 Å². The van der Waals surface area contributed by atoms with Crippen molar-refractivity contribution in [2.75, 3.05) is 13.7 Å². The highest BCUT2D eigenvalue weighted by atomic mass is 16.6. The molecular weight excluding hydrogens is 388 g/mol. The van der Waals surface area contributed by atoms with Crippen LogP contribution in [0.2, 0.25) is 0 Å². The number of hydrogen-bond acceptors (Lipinski definition) is 7. The number of allylic oxidation sites excluding steroid dienone is 3. The third-order valence-electron chi connectivity index (χ3n) is 4.73. The van der Waals surface area contributed by atoms with Crippen LogP contribution in [0.25, 0.3) is 0 Å². The Balaban J connectivity index is 2.01. The molecule has 0 radical (unpaired) electrons. The van der Waals surface area contributed by atoms with Gasteiger partial charge in [-0.05, 0) is 32.3 Å². The number of rotatable bonds is 8. The van der Waals surface area contributed by atoms with Crippen LogP contribution in [0.1, 0.15) is 51.0 Å². The Hall–Kier alpha value is -3.16. The van der Waals surface area contributed by atoms with Gasteiger partial charge in [0.1, 0.15) is 6.04 Å². The Morgan fingerprint density at radius 3 is 2.63 bits per heavy atom. The van der Waals surface area contributed by atoms with E-state index in [1.54, 1.807) is 0 Å². The standard InChI is InChI=1S/C22H28N2O6/c1-13-8-6-7-9-17(13)14(2)12-29-22(27)15(3)24-21(26)19-20(30-16(4)25)18(28-5)10-11-23-19/h7,9-11,14-15H,6,8,12H2,1-5H3,(H,24,26). The number of methoxy groups -OCH3 is 1. The Morgan fingerprint density at radius 2 is 2.00 bits per heavy atom. The van der Waals surface area contributed by atoms with Crippen LogP contribution in [0.5, 0.6) is 11.5 Å². The van der Waals surface area contributed by atoms with E-state index in [1.165, 1.54) is 44.4 Å². The molecule has 0 spiro atoms. The van der Waals surface area contributed by atoms with E-state index < -0.39 is 23.9 Å². The summed E-state index contributed by atoms with van der Waals surface area (Å²) in [5.41, 5.74) is 2.31. The normalized spacial score (nSPS) is 15.2. The topological polar surface area (TPSA) is 104 Å². The van der Waals surface area contributed by atoms with E-state index >= 15 is 0 Å². The lowest BCUT2D eigenvalue weighted by Gasteiger charge is -2.20. The minimum atomic E-state index is -0.917. The SMILES string of the molecule is COc1ccnc(C(=O)NC(C)C(=O)OCC(C)C2=C(C)CCC=C2)c1OC(C)=O. The van der Waals surface area contributed by atoms with Gasteiger partial charge in [0.25, 0.3) is 5.91 Å². The van der Waals surface area contributed by atoms with Crippen LogP contribution in [-0.2, 0) is 14.3 Å². The van der Waals surface area contributed by atoms with Crippen molar-refractivity contribution < 1.29 is 28.6 Å². The Morgan fingerprint density at radius 1 is 1.27 bits per heavy atom. The summed E-state index contributed by atoms with van der Waals surface area (Å²) in [6, 6.07) is 0.546. The van der Waals surface area contributed by atoms with E-state index in [0.29, 0.717) is 0 Å². The van der Waals surface area contributed by atoms with Gasteiger partial charge in [0, 0.05) is 25.1 Å². The predicted octanol–water partition coefficient (Wildman–Crippen LogP) is 2.98. The largest absolute Gasteiger partial charge is 0.493 e. The number of carbonyl (C=O) groups is 3. The molecule has 0 aliphatic heterocycles. The van der Waals surface area contributed by atoms with E-state index in [1.807, 2.05) is 6.92 Å². The first-order valence-electron chi connectivity index (χ1n) is 9.79. The van der Waals surface area contributed by atoms with Crippen molar-refractivity contribution in [3.05, 3.63) is 41.3 Å². The van der Waals surface area contributed by atoms with Crippen molar-refractivity contribution in [3.63, 3.8) is 0 Å². The molecule has 0 saturated carbocycles. The number of pyridine rings is 1. The van der Waals surface area contributed by atoms with E-state index in [0.717, 1.165) is 12.8 Å². The van der Waals surface area contributed by atoms with Crippen molar-refractivity contribution in [2.45, 2.75) is 46.6 Å². The van der Waals surface area contributed by atoms with Gasteiger partial charge in [0.15, 0.2) is 11.4 Å². The molecular formula is C22H28N2O6. The van der Waals surface area contributed by atoms with Gasteiger partial charge in [-0.25, -0.2) is 9.78 Å². The molecule has 0 aromatic carbocycles. The zero-order valence-corrected chi connectivity index (χ0v) is 18.0. The van der Waals surface area contributed by atoms with Crippen LogP contribution in [0.15, 0.2) is 35.6 Å². The number of hydrogen-bond donors (Lipinski definition) is 1. The van der Waals surface area contributed by atoms with Crippen LogP contribution in [0.3, 0.4) is 0 Å². The number of nitrogens with zero attached hydrogens (tertiary/aromatic N) is 1. The molecule has 0 bridgehead atoms. The zero-order chi connectivity index (χ0) is 22.3. The van der Waals surface area contributed by atoms with Crippen LogP contribution in [0.4, 0.5) is 0 Å². The first kappa shape index (κ1) is 23.1. The zero-order valence-electron chi connectivity index (χ0n) is 18.0. The monoisotopic (exact) mass is 416 g/mol. The molecule has 2 unspecified atom stereocenters. The average Bonchev–Trinajstić information content (AvgIpc) is 2.71. The molecule has 30 heavy (non-hydrogen) atoms. The van der Waals surface area contributed by atoms with Gasteiger partial charge < -0.3 is 19.5 Å². The minimum absolute atomic E-state index is 0.0593. The maximum atomic E-state index is 12.6. The summed E-state index contributed by atoms with van der Waals surface area (Å²) < 4.78 is 15.6. The molecule has 0 fully saturated rings. The fraction of sp³-hybridized carbons (Fsp3) is 0.455. The molecule has 1 aromatic rings. The average molecular weight is 416 g/mol. The van der Waals surface area contributed by atoms with Gasteiger partial charge in [-0.15, -0.1) is 0 Å². The molecule has 162 valence electrons. The summed E-state index contributed by atoms with van der Waals surface area (Å²) >= 11 is 0. The maximum Gasteiger partial charge on any atom is 0.328 e. The van der Waals surface area contributed by atoms with Crippen LogP contribution >= 0.6 is 0 Å². The van der Waals surface area contributed by atoms with E-state index in [9.17, 15) is 14.4 Å². The van der Waals surface area contributed by atoms with Gasteiger partial charge in [0.2, 0.25) is 5.75 Å². The second-order valence-corrected chi connectivity index (χ2v) is 7.19. The lowest BCUT2D eigenvalue weighted by molar-refractivity contribution is -0.146. The summed E-state index contributed by atoms with van der Waals surface area (Å²) in [5, 5.41) is 2.52. The van der Waals surface area contributed by atoms with Gasteiger partial charge in [-0.1, -0.05) is 24.6 Å². The summed E-state index contributed by atoms with van der Waals surface area (Å²) in [7, 11) is 1.38. The van der Waals surface area contributed by atoms with Crippen molar-refractivity contribution in [1.82, 2.24) is 10.3 Å². The molecule has 1 aromatic heterocycles. The molecule has 1 aliphatic rings. The van der Waals surface area contributed by atoms with Crippen LogP contribution < -0.4 is 14.8 Å². The van der Waals surface area contributed by atoms with Crippen LogP contribution in [0, 0.1) is 5.92 Å². The molecule has 0 saturated heterocycles. The van der Waals surface area contributed by atoms with Gasteiger partial charge >= 0.3 is 11.9 Å². The van der Waals surface area contributed by atoms with Crippen molar-refractivity contribution >= 4 is 17.8 Å². The Kier molecular flexibility index (Phi) is 8.15. The molecule has 2 rings (SSSR count). The van der Waals surface area contributed by atoms with E-state index in [4.69, 9.17) is 14.2 Å². The number of esters is 2. The fourth-order valence-corrected chi connectivity index (χ4v) is 3.12. The predicted molar refractivity (Wildman–Crippen MR) is 110 cm³/mol. The fourth-order valence-electron chi connectivity index (χ4n) is 3.12. The molecule has 8 heteroatoms. The molecule has 1 N–H and O–H groups in total. The number of carbonyl (C=O) groups excluding carboxylic acids is 3. The Labute approximate surface area is 176 Å². The first-order valence-corrected chi connectivity index (χ1v) is 9.79. The number of aromatic nitrogens is 1. The van der Waals surface area contributed by atoms with Crippen molar-refractivity contribution in [2.24, 2.45) is 5.92 Å². The number of nitrogens with one attached hydrogen (secondary N) is 1. The van der Waals surface area contributed by atoms with Gasteiger partial charge in [-0.3, -0.25) is 9.59 Å². The molecule has 1 amide bonds. The highest BCUT2D eigenvalue weighted by molar-refractivity contribution is 5.98. The summed E-state index contributed by atoms with van der Waals surface area (Å²) in [6.45, 7) is 7.01. The minimum Gasteiger partial charge on any atom is -0.493 e. The summed E-state index contributed by atoms with van der Waals surface area (Å²) in [4.78, 5) is 40.3. The van der Waals surface area contributed by atoms with Crippen molar-refractivity contribution in [3.8, 4) is 11.5 Å². The number of ether oxygens (including phenoxy) is 3. The molecule has 8 nitrogen and oxygen atoms in total. The second-order valence-electron chi connectivity index (χ2n) is 7.19. The third-order valence-corrected chi connectivity index (χ3v) is 4.73. The van der Waals surface area contributed by atoms with E-state index in [-0.39, 0.29) is 29.7 Å². The van der Waals surface area contributed by atoms with Gasteiger partial charge in [0.05, 0.1) is 13.7 Å². The summed E-state index contributed by atoms with van der Waals surface area (Å²) in [6.07, 6.45) is 7.57. The Bertz CT molecular complexity index is 874. The molecule has 1 heterocycles. The van der Waals surface area contributed by atoms with Crippen molar-refractivity contribution in [1.29, 1.82) is 0 Å². The lowest BCUT2D eigenvalue weighted by Crippen LogP contribution is -2.40. The molecule has 2 atom stereocenters. The smallest absolute Gasteiger partial charge is 0.328 e. The second kappa shape index (κ2) is 10.6. The van der Waals surface area contributed by atoms with Gasteiger partial charge in [-0.2, -0.15) is 0 Å².